The van der Waals surface area contributed by atoms with Gasteiger partial charge >= 0.3 is 5.97 Å². The largest absolute Gasteiger partial charge is 0.497 e. The number of carbonyl (C=O) groups is 3. The smallest absolute Gasteiger partial charge is 0.339 e. The number of amides is 1. The first-order valence-electron chi connectivity index (χ1n) is 9.56. The van der Waals surface area contributed by atoms with Crippen LogP contribution in [0.5, 0.6) is 5.75 Å². The Balaban J connectivity index is 0.000000858. The third-order valence-corrected chi connectivity index (χ3v) is 5.03. The number of pyridine rings is 1. The molecule has 164 valence electrons. The summed E-state index contributed by atoms with van der Waals surface area (Å²) in [4.78, 5) is 39.0. The summed E-state index contributed by atoms with van der Waals surface area (Å²) in [6.45, 7) is 1.28. The Hall–Kier alpha value is -3.66. The van der Waals surface area contributed by atoms with E-state index in [0.717, 1.165) is 11.3 Å². The molecule has 10 nitrogen and oxygen atoms in total. The maximum atomic E-state index is 12.3. The lowest BCUT2D eigenvalue weighted by Crippen LogP contribution is -2.42. The summed E-state index contributed by atoms with van der Waals surface area (Å²) in [6.07, 6.45) is 0. The number of methoxy groups -OCH3 is 1. The molecule has 4 rings (SSSR count). The van der Waals surface area contributed by atoms with Crippen LogP contribution in [-0.2, 0) is 14.3 Å². The Bertz CT molecular complexity index is 948. The van der Waals surface area contributed by atoms with Gasteiger partial charge in [0.05, 0.1) is 38.0 Å². The standard InChI is InChI=1S/C20H21N3O5.CH2O2/c1-27-15-4-2-12(3-5-15)17-7-6-16(20(25)26)18(22-17)23-8-13-10-28-11-14(9-23)21-19(13)24;2-1-3/h2-7,13-14H,8-11H2,1H3,(H,21,24)(H,25,26);1H,(H,2,3)/t13-,14+;/m1./s1. The van der Waals surface area contributed by atoms with Crippen molar-refractivity contribution < 1.29 is 34.1 Å². The highest BCUT2D eigenvalue weighted by Gasteiger charge is 2.35. The quantitative estimate of drug-likeness (QED) is 0.610. The minimum atomic E-state index is -1.05. The number of hydrogen-bond donors (Lipinski definition) is 3. The number of nitrogens with one attached hydrogen (secondary N) is 1. The Morgan fingerprint density at radius 2 is 1.94 bits per heavy atom. The molecule has 2 saturated heterocycles. The Morgan fingerprint density at radius 3 is 2.58 bits per heavy atom. The van der Waals surface area contributed by atoms with Crippen LogP contribution < -0.4 is 15.0 Å². The van der Waals surface area contributed by atoms with Crippen LogP contribution in [0.2, 0.25) is 0 Å². The van der Waals surface area contributed by atoms with Crippen molar-refractivity contribution in [2.45, 2.75) is 6.04 Å². The fraction of sp³-hybridized carbons (Fsp3) is 0.333. The monoisotopic (exact) mass is 429 g/mol. The van der Waals surface area contributed by atoms with Crippen molar-refractivity contribution in [1.29, 1.82) is 0 Å². The number of rotatable bonds is 4. The number of ether oxygens (including phenoxy) is 2. The molecular weight excluding hydrogens is 406 g/mol. The molecule has 0 aliphatic carbocycles. The van der Waals surface area contributed by atoms with Gasteiger partial charge in [0, 0.05) is 18.7 Å². The molecule has 10 heteroatoms. The summed E-state index contributed by atoms with van der Waals surface area (Å²) >= 11 is 0. The fourth-order valence-corrected chi connectivity index (χ4v) is 3.58. The summed E-state index contributed by atoms with van der Waals surface area (Å²) < 4.78 is 10.7. The van der Waals surface area contributed by atoms with Crippen LogP contribution in [0, 0.1) is 5.92 Å². The molecule has 0 spiro atoms. The van der Waals surface area contributed by atoms with Crippen molar-refractivity contribution in [2.24, 2.45) is 5.92 Å². The predicted molar refractivity (Wildman–Crippen MR) is 110 cm³/mol. The number of carboxylic acids is 1. The molecule has 1 amide bonds. The number of anilines is 1. The molecule has 2 atom stereocenters. The second-order valence-electron chi connectivity index (χ2n) is 7.05. The zero-order valence-corrected chi connectivity index (χ0v) is 16.9. The van der Waals surface area contributed by atoms with Crippen LogP contribution in [0.3, 0.4) is 0 Å². The van der Waals surface area contributed by atoms with Gasteiger partial charge in [0.2, 0.25) is 5.91 Å². The van der Waals surface area contributed by atoms with Crippen LogP contribution in [0.1, 0.15) is 10.4 Å². The van der Waals surface area contributed by atoms with Crippen LogP contribution in [-0.4, -0.2) is 73.0 Å². The molecule has 2 aliphatic rings. The lowest BCUT2D eigenvalue weighted by atomic mass is 10.1. The number of carbonyl (C=O) groups excluding carboxylic acids is 1. The van der Waals surface area contributed by atoms with Crippen molar-refractivity contribution in [3.63, 3.8) is 0 Å². The third kappa shape index (κ3) is 5.10. The molecule has 0 radical (unpaired) electrons. The summed E-state index contributed by atoms with van der Waals surface area (Å²) in [5.41, 5.74) is 1.63. The van der Waals surface area contributed by atoms with Crippen LogP contribution >= 0.6 is 0 Å². The molecule has 1 aromatic heterocycles. The molecule has 0 unspecified atom stereocenters. The average molecular weight is 429 g/mol. The van der Waals surface area contributed by atoms with Crippen molar-refractivity contribution in [1.82, 2.24) is 10.3 Å². The van der Waals surface area contributed by atoms with E-state index in [1.54, 1.807) is 19.2 Å². The number of aromatic carboxylic acids is 1. The highest BCUT2D eigenvalue weighted by Crippen LogP contribution is 2.28. The van der Waals surface area contributed by atoms with Crippen molar-refractivity contribution in [3.05, 3.63) is 42.0 Å². The number of nitrogens with zero attached hydrogens (tertiary/aromatic N) is 2. The van der Waals surface area contributed by atoms with Crippen molar-refractivity contribution >= 4 is 24.2 Å². The Kier molecular flexibility index (Phi) is 7.03. The average Bonchev–Trinajstić information content (AvgIpc) is 3.02. The van der Waals surface area contributed by atoms with E-state index in [-0.39, 0.29) is 29.9 Å². The lowest BCUT2D eigenvalue weighted by Gasteiger charge is -2.29. The Labute approximate surface area is 178 Å². The zero-order chi connectivity index (χ0) is 22.4. The molecule has 3 N–H and O–H groups in total. The van der Waals surface area contributed by atoms with Gasteiger partial charge in [0.15, 0.2) is 0 Å². The van der Waals surface area contributed by atoms with Gasteiger partial charge < -0.3 is 29.9 Å². The minimum absolute atomic E-state index is 0.0619. The molecule has 0 saturated carbocycles. The molecular formula is C21H23N3O7. The van der Waals surface area contributed by atoms with Crippen LogP contribution in [0.4, 0.5) is 5.82 Å². The van der Waals surface area contributed by atoms with E-state index in [2.05, 4.69) is 10.3 Å². The summed E-state index contributed by atoms with van der Waals surface area (Å²) in [5.74, 6) is -0.368. The zero-order valence-electron chi connectivity index (χ0n) is 16.9. The van der Waals surface area contributed by atoms with Crippen molar-refractivity contribution in [2.75, 3.05) is 38.3 Å². The SMILES string of the molecule is COc1ccc(-c2ccc(C(=O)O)c(N3C[C@H]4COC[C@@H](C3)C(=O)N4)n2)cc1.O=CO. The van der Waals surface area contributed by atoms with Gasteiger partial charge in [-0.25, -0.2) is 9.78 Å². The highest BCUT2D eigenvalue weighted by molar-refractivity contribution is 5.94. The highest BCUT2D eigenvalue weighted by atomic mass is 16.5. The van der Waals surface area contributed by atoms with Gasteiger partial charge in [0.1, 0.15) is 17.1 Å². The molecule has 1 aromatic carbocycles. The summed E-state index contributed by atoms with van der Waals surface area (Å²) in [6, 6.07) is 10.5. The van der Waals surface area contributed by atoms with Crippen molar-refractivity contribution in [3.8, 4) is 17.0 Å². The topological polar surface area (TPSA) is 138 Å². The maximum absolute atomic E-state index is 12.3. The molecule has 31 heavy (non-hydrogen) atoms. The summed E-state index contributed by atoms with van der Waals surface area (Å²) in [7, 11) is 1.60. The van der Waals surface area contributed by atoms with E-state index < -0.39 is 5.97 Å². The van der Waals surface area contributed by atoms with Gasteiger partial charge in [-0.15, -0.1) is 0 Å². The third-order valence-electron chi connectivity index (χ3n) is 5.03. The van der Waals surface area contributed by atoms with Gasteiger partial charge in [-0.05, 0) is 36.4 Å². The number of fused-ring (bicyclic) bond motifs is 3. The molecule has 2 aromatic rings. The molecule has 3 heterocycles. The maximum Gasteiger partial charge on any atom is 0.339 e. The summed E-state index contributed by atoms with van der Waals surface area (Å²) in [5, 5.41) is 19.5. The number of carboxylic acid groups (broad SMARTS) is 2. The fourth-order valence-electron chi connectivity index (χ4n) is 3.58. The van der Waals surface area contributed by atoms with Crippen LogP contribution in [0.15, 0.2) is 36.4 Å². The predicted octanol–water partition coefficient (Wildman–Crippen LogP) is 1.11. The van der Waals surface area contributed by atoms with Gasteiger partial charge in [-0.1, -0.05) is 0 Å². The second kappa shape index (κ2) is 9.90. The first kappa shape index (κ1) is 22.0. The van der Waals surface area contributed by atoms with E-state index >= 15 is 0 Å². The minimum Gasteiger partial charge on any atom is -0.497 e. The van der Waals surface area contributed by atoms with Gasteiger partial charge in [-0.2, -0.15) is 0 Å². The number of aromatic nitrogens is 1. The van der Waals surface area contributed by atoms with Gasteiger partial charge in [0.25, 0.3) is 6.47 Å². The number of hydrogen-bond acceptors (Lipinski definition) is 7. The van der Waals surface area contributed by atoms with E-state index in [4.69, 9.17) is 19.4 Å². The van der Waals surface area contributed by atoms with E-state index in [0.29, 0.717) is 37.8 Å². The lowest BCUT2D eigenvalue weighted by molar-refractivity contribution is -0.125. The van der Waals surface area contributed by atoms with Gasteiger partial charge in [-0.3, -0.25) is 9.59 Å². The molecule has 2 aliphatic heterocycles. The number of benzene rings is 1. The van der Waals surface area contributed by atoms with E-state index in [9.17, 15) is 14.7 Å². The second-order valence-corrected chi connectivity index (χ2v) is 7.05. The van der Waals surface area contributed by atoms with E-state index in [1.807, 2.05) is 29.2 Å². The first-order chi connectivity index (χ1) is 15.0. The Morgan fingerprint density at radius 1 is 1.23 bits per heavy atom. The van der Waals surface area contributed by atoms with E-state index in [1.165, 1.54) is 0 Å². The van der Waals surface area contributed by atoms with Crippen LogP contribution in [0.25, 0.3) is 11.3 Å². The first-order valence-corrected chi connectivity index (χ1v) is 9.56. The molecule has 2 bridgehead atoms. The normalized spacial score (nSPS) is 19.9. The molecule has 2 fully saturated rings.